The average Bonchev–Trinajstić information content (AvgIpc) is 2.86. The first-order valence-corrected chi connectivity index (χ1v) is 7.28. The maximum atomic E-state index is 12.9. The molecule has 0 saturated heterocycles. The highest BCUT2D eigenvalue weighted by molar-refractivity contribution is 6.10. The maximum absolute atomic E-state index is 12.9. The number of ketones is 1. The van der Waals surface area contributed by atoms with Crippen molar-refractivity contribution in [2.45, 2.75) is 6.92 Å². The topological polar surface area (TPSA) is 105 Å². The molecule has 25 heavy (non-hydrogen) atoms. The number of carboxylic acid groups (broad SMARTS) is 2. The van der Waals surface area contributed by atoms with Gasteiger partial charge in [-0.15, -0.1) is 0 Å². The summed E-state index contributed by atoms with van der Waals surface area (Å²) in [6.07, 6.45) is 0.167. The Hall–Kier alpha value is -3.61. The standard InChI is InChI=1S/C18H13NO6/c1-10-14(15(20)11-5-7-12(8-6-11)17(21)22)19-9-3-2-4-13(19)16(10)25-18(23)24/h2-9H,1H3,(H,21,22)(H,23,24). The van der Waals surface area contributed by atoms with Crippen molar-refractivity contribution in [3.8, 4) is 5.75 Å². The summed E-state index contributed by atoms with van der Waals surface area (Å²) in [7, 11) is 0. The summed E-state index contributed by atoms with van der Waals surface area (Å²) < 4.78 is 6.40. The van der Waals surface area contributed by atoms with Crippen LogP contribution in [0.4, 0.5) is 4.79 Å². The Labute approximate surface area is 141 Å². The van der Waals surface area contributed by atoms with Gasteiger partial charge in [-0.25, -0.2) is 9.59 Å². The highest BCUT2D eigenvalue weighted by Gasteiger charge is 2.24. The fourth-order valence-electron chi connectivity index (χ4n) is 2.70. The molecule has 0 bridgehead atoms. The number of rotatable bonds is 4. The molecule has 7 nitrogen and oxygen atoms in total. The van der Waals surface area contributed by atoms with Gasteiger partial charge in [0.2, 0.25) is 5.78 Å². The van der Waals surface area contributed by atoms with E-state index in [0.29, 0.717) is 16.6 Å². The van der Waals surface area contributed by atoms with Crippen LogP contribution in [-0.4, -0.2) is 32.5 Å². The van der Waals surface area contributed by atoms with Crippen LogP contribution in [0.1, 0.15) is 32.0 Å². The number of benzene rings is 1. The number of nitrogens with zero attached hydrogens (tertiary/aromatic N) is 1. The van der Waals surface area contributed by atoms with Crippen molar-refractivity contribution >= 4 is 23.4 Å². The number of carbonyl (C=O) groups is 3. The zero-order chi connectivity index (χ0) is 18.1. The Kier molecular flexibility index (Phi) is 3.98. The van der Waals surface area contributed by atoms with Crippen molar-refractivity contribution in [3.05, 3.63) is 71.0 Å². The minimum Gasteiger partial charge on any atom is -0.478 e. The Morgan fingerprint density at radius 3 is 2.20 bits per heavy atom. The first-order chi connectivity index (χ1) is 11.9. The molecule has 0 saturated carbocycles. The average molecular weight is 339 g/mol. The van der Waals surface area contributed by atoms with E-state index in [9.17, 15) is 14.4 Å². The Morgan fingerprint density at radius 1 is 0.960 bits per heavy atom. The van der Waals surface area contributed by atoms with E-state index in [1.807, 2.05) is 0 Å². The third kappa shape index (κ3) is 2.83. The van der Waals surface area contributed by atoms with Gasteiger partial charge in [-0.3, -0.25) is 4.79 Å². The SMILES string of the molecule is Cc1c(OC(=O)O)c2ccccn2c1C(=O)c1ccc(C(=O)O)cc1. The number of aromatic carboxylic acids is 1. The Morgan fingerprint density at radius 2 is 1.60 bits per heavy atom. The predicted molar refractivity (Wildman–Crippen MR) is 87.6 cm³/mol. The van der Waals surface area contributed by atoms with Gasteiger partial charge in [0, 0.05) is 17.3 Å². The van der Waals surface area contributed by atoms with E-state index in [2.05, 4.69) is 0 Å². The van der Waals surface area contributed by atoms with Crippen LogP contribution in [-0.2, 0) is 0 Å². The van der Waals surface area contributed by atoms with Gasteiger partial charge in [0.25, 0.3) is 0 Å². The van der Waals surface area contributed by atoms with Crippen molar-refractivity contribution in [3.63, 3.8) is 0 Å². The minimum atomic E-state index is -1.47. The summed E-state index contributed by atoms with van der Waals surface area (Å²) >= 11 is 0. The van der Waals surface area contributed by atoms with Crippen LogP contribution >= 0.6 is 0 Å². The van der Waals surface area contributed by atoms with Gasteiger partial charge in [-0.2, -0.15) is 0 Å². The van der Waals surface area contributed by atoms with Crippen molar-refractivity contribution < 1.29 is 29.3 Å². The molecule has 0 unspecified atom stereocenters. The van der Waals surface area contributed by atoms with Gasteiger partial charge in [-0.1, -0.05) is 18.2 Å². The van der Waals surface area contributed by atoms with Crippen LogP contribution in [0.15, 0.2) is 48.7 Å². The lowest BCUT2D eigenvalue weighted by atomic mass is 10.0. The molecule has 0 spiro atoms. The van der Waals surface area contributed by atoms with Crippen LogP contribution in [0.2, 0.25) is 0 Å². The lowest BCUT2D eigenvalue weighted by Crippen LogP contribution is -2.08. The molecule has 7 heteroatoms. The summed E-state index contributed by atoms with van der Waals surface area (Å²) in [6, 6.07) is 10.6. The maximum Gasteiger partial charge on any atom is 0.511 e. The van der Waals surface area contributed by atoms with E-state index in [1.54, 1.807) is 35.7 Å². The summed E-state index contributed by atoms with van der Waals surface area (Å²) in [5, 5.41) is 17.9. The zero-order valence-corrected chi connectivity index (χ0v) is 13.1. The van der Waals surface area contributed by atoms with Gasteiger partial charge in [0.05, 0.1) is 11.1 Å². The molecule has 3 rings (SSSR count). The number of pyridine rings is 1. The van der Waals surface area contributed by atoms with Gasteiger partial charge >= 0.3 is 12.1 Å². The molecule has 2 N–H and O–H groups in total. The van der Waals surface area contributed by atoms with Gasteiger partial charge in [0.15, 0.2) is 5.75 Å². The van der Waals surface area contributed by atoms with E-state index in [4.69, 9.17) is 14.9 Å². The molecule has 2 aromatic heterocycles. The predicted octanol–water partition coefficient (Wildman–Crippen LogP) is 3.23. The summed E-state index contributed by atoms with van der Waals surface area (Å²) in [5.74, 6) is -1.35. The number of ether oxygens (including phenoxy) is 1. The van der Waals surface area contributed by atoms with E-state index in [-0.39, 0.29) is 22.8 Å². The number of fused-ring (bicyclic) bond motifs is 1. The number of aromatic nitrogens is 1. The van der Waals surface area contributed by atoms with E-state index < -0.39 is 12.1 Å². The first kappa shape index (κ1) is 16.3. The molecule has 0 aliphatic rings. The third-order valence-electron chi connectivity index (χ3n) is 3.83. The Balaban J connectivity index is 2.14. The van der Waals surface area contributed by atoms with Crippen molar-refractivity contribution in [2.24, 2.45) is 0 Å². The molecule has 0 aliphatic carbocycles. The molecular weight excluding hydrogens is 326 g/mol. The smallest absolute Gasteiger partial charge is 0.478 e. The fourth-order valence-corrected chi connectivity index (χ4v) is 2.70. The second kappa shape index (κ2) is 6.12. The quantitative estimate of drug-likeness (QED) is 0.558. The normalized spacial score (nSPS) is 10.6. The van der Waals surface area contributed by atoms with Gasteiger partial charge in [0.1, 0.15) is 5.69 Å². The van der Waals surface area contributed by atoms with Gasteiger partial charge < -0.3 is 19.4 Å². The molecule has 0 atom stereocenters. The number of carbonyl (C=O) groups excluding carboxylic acids is 1. The van der Waals surface area contributed by atoms with Crippen molar-refractivity contribution in [1.29, 1.82) is 0 Å². The highest BCUT2D eigenvalue weighted by Crippen LogP contribution is 2.32. The van der Waals surface area contributed by atoms with Crippen LogP contribution < -0.4 is 4.74 Å². The second-order valence-electron chi connectivity index (χ2n) is 5.34. The van der Waals surface area contributed by atoms with E-state index >= 15 is 0 Å². The number of hydrogen-bond acceptors (Lipinski definition) is 4. The van der Waals surface area contributed by atoms with E-state index in [0.717, 1.165) is 0 Å². The van der Waals surface area contributed by atoms with E-state index in [1.165, 1.54) is 24.3 Å². The van der Waals surface area contributed by atoms with Gasteiger partial charge in [-0.05, 0) is 31.2 Å². The molecular formula is C18H13NO6. The number of hydrogen-bond donors (Lipinski definition) is 2. The molecule has 0 fully saturated rings. The summed E-state index contributed by atoms with van der Waals surface area (Å²) in [6.45, 7) is 1.60. The zero-order valence-electron chi connectivity index (χ0n) is 13.1. The molecule has 126 valence electrons. The molecule has 1 aromatic carbocycles. The molecule has 0 radical (unpaired) electrons. The van der Waals surface area contributed by atoms with Crippen LogP contribution in [0.25, 0.3) is 5.52 Å². The molecule has 2 heterocycles. The molecule has 0 amide bonds. The minimum absolute atomic E-state index is 0.0724. The summed E-state index contributed by atoms with van der Waals surface area (Å²) in [5.41, 5.74) is 1.46. The Bertz CT molecular complexity index is 1000. The largest absolute Gasteiger partial charge is 0.511 e. The highest BCUT2D eigenvalue weighted by atomic mass is 16.7. The lowest BCUT2D eigenvalue weighted by molar-refractivity contribution is 0.0696. The fraction of sp³-hybridized carbons (Fsp3) is 0.0556. The monoisotopic (exact) mass is 339 g/mol. The summed E-state index contributed by atoms with van der Waals surface area (Å²) in [4.78, 5) is 34.8. The second-order valence-corrected chi connectivity index (χ2v) is 5.34. The molecule has 3 aromatic rings. The first-order valence-electron chi connectivity index (χ1n) is 7.28. The number of carboxylic acids is 1. The third-order valence-corrected chi connectivity index (χ3v) is 3.83. The van der Waals surface area contributed by atoms with Crippen molar-refractivity contribution in [2.75, 3.05) is 0 Å². The molecule has 0 aliphatic heterocycles. The van der Waals surface area contributed by atoms with Crippen LogP contribution in [0, 0.1) is 6.92 Å². The van der Waals surface area contributed by atoms with Crippen LogP contribution in [0.3, 0.4) is 0 Å². The lowest BCUT2D eigenvalue weighted by Gasteiger charge is -2.04. The van der Waals surface area contributed by atoms with Crippen molar-refractivity contribution in [1.82, 2.24) is 4.40 Å². The van der Waals surface area contributed by atoms with Crippen LogP contribution in [0.5, 0.6) is 5.75 Å².